The molecule has 19 heavy (non-hydrogen) atoms. The van der Waals surface area contributed by atoms with Gasteiger partial charge in [-0.2, -0.15) is 0 Å². The van der Waals surface area contributed by atoms with Crippen molar-refractivity contribution in [1.29, 1.82) is 0 Å². The molecule has 0 saturated carbocycles. The highest BCUT2D eigenvalue weighted by molar-refractivity contribution is 5.82. The minimum absolute atomic E-state index is 0.288. The SMILES string of the molecule is CC[C@@H](NC(=O)NCC(C)N1CCCCC1)C(=O)O. The van der Waals surface area contributed by atoms with E-state index in [1.807, 2.05) is 0 Å². The Balaban J connectivity index is 2.26. The number of piperidine rings is 1. The lowest BCUT2D eigenvalue weighted by atomic mass is 10.1. The van der Waals surface area contributed by atoms with Gasteiger partial charge in [-0.05, 0) is 39.3 Å². The Morgan fingerprint density at radius 2 is 1.89 bits per heavy atom. The number of carbonyl (C=O) groups is 2. The number of carboxylic acids is 1. The fourth-order valence-electron chi connectivity index (χ4n) is 2.28. The topological polar surface area (TPSA) is 81.7 Å². The lowest BCUT2D eigenvalue weighted by Gasteiger charge is -2.32. The predicted octanol–water partition coefficient (Wildman–Crippen LogP) is 1.02. The molecule has 6 heteroatoms. The summed E-state index contributed by atoms with van der Waals surface area (Å²) in [5.41, 5.74) is 0. The summed E-state index contributed by atoms with van der Waals surface area (Å²) in [7, 11) is 0. The number of nitrogens with zero attached hydrogens (tertiary/aromatic N) is 1. The number of rotatable bonds is 6. The minimum Gasteiger partial charge on any atom is -0.480 e. The summed E-state index contributed by atoms with van der Waals surface area (Å²) in [6.07, 6.45) is 4.10. The lowest BCUT2D eigenvalue weighted by molar-refractivity contribution is -0.139. The molecule has 1 rings (SSSR count). The van der Waals surface area contributed by atoms with E-state index in [9.17, 15) is 9.59 Å². The maximum atomic E-state index is 11.6. The average molecular weight is 271 g/mol. The number of likely N-dealkylation sites (tertiary alicyclic amines) is 1. The number of hydrogen-bond acceptors (Lipinski definition) is 3. The quantitative estimate of drug-likeness (QED) is 0.674. The molecular weight excluding hydrogens is 246 g/mol. The molecule has 1 aliphatic rings. The summed E-state index contributed by atoms with van der Waals surface area (Å²) in [6.45, 7) is 6.52. The highest BCUT2D eigenvalue weighted by Crippen LogP contribution is 2.11. The largest absolute Gasteiger partial charge is 0.480 e. The van der Waals surface area contributed by atoms with E-state index in [1.165, 1.54) is 19.3 Å². The molecule has 0 aliphatic carbocycles. The van der Waals surface area contributed by atoms with Crippen molar-refractivity contribution in [2.45, 2.75) is 51.6 Å². The van der Waals surface area contributed by atoms with Gasteiger partial charge in [-0.25, -0.2) is 9.59 Å². The van der Waals surface area contributed by atoms with Crippen LogP contribution >= 0.6 is 0 Å². The number of nitrogens with one attached hydrogen (secondary N) is 2. The van der Waals surface area contributed by atoms with Crippen molar-refractivity contribution in [3.05, 3.63) is 0 Å². The van der Waals surface area contributed by atoms with E-state index < -0.39 is 18.0 Å². The Morgan fingerprint density at radius 3 is 2.42 bits per heavy atom. The van der Waals surface area contributed by atoms with Crippen LogP contribution in [0, 0.1) is 0 Å². The first-order valence-electron chi connectivity index (χ1n) is 7.05. The van der Waals surface area contributed by atoms with Crippen molar-refractivity contribution < 1.29 is 14.7 Å². The number of aliphatic carboxylic acids is 1. The number of hydrogen-bond donors (Lipinski definition) is 3. The molecule has 1 saturated heterocycles. The zero-order valence-corrected chi connectivity index (χ0v) is 11.8. The van der Waals surface area contributed by atoms with E-state index in [0.717, 1.165) is 13.1 Å². The van der Waals surface area contributed by atoms with Gasteiger partial charge in [0, 0.05) is 12.6 Å². The normalized spacial score (nSPS) is 19.5. The van der Waals surface area contributed by atoms with E-state index >= 15 is 0 Å². The molecule has 1 aliphatic heterocycles. The summed E-state index contributed by atoms with van der Waals surface area (Å²) < 4.78 is 0. The molecule has 1 unspecified atom stereocenters. The fraction of sp³-hybridized carbons (Fsp3) is 0.846. The molecule has 0 aromatic heterocycles. The Bertz CT molecular complexity index is 304. The zero-order valence-electron chi connectivity index (χ0n) is 11.8. The highest BCUT2D eigenvalue weighted by Gasteiger charge is 2.19. The predicted molar refractivity (Wildman–Crippen MR) is 73.1 cm³/mol. The summed E-state index contributed by atoms with van der Waals surface area (Å²) in [4.78, 5) is 24.8. The smallest absolute Gasteiger partial charge is 0.326 e. The van der Waals surface area contributed by atoms with E-state index in [-0.39, 0.29) is 6.04 Å². The second-order valence-electron chi connectivity index (χ2n) is 5.10. The molecule has 0 bridgehead atoms. The summed E-state index contributed by atoms with van der Waals surface area (Å²) in [6, 6.07) is -0.931. The molecule has 1 heterocycles. The van der Waals surface area contributed by atoms with Gasteiger partial charge in [0.15, 0.2) is 0 Å². The van der Waals surface area contributed by atoms with Crippen molar-refractivity contribution in [2.75, 3.05) is 19.6 Å². The maximum Gasteiger partial charge on any atom is 0.326 e. The zero-order chi connectivity index (χ0) is 14.3. The lowest BCUT2D eigenvalue weighted by Crippen LogP contribution is -2.50. The second-order valence-corrected chi connectivity index (χ2v) is 5.10. The third-order valence-corrected chi connectivity index (χ3v) is 3.58. The Morgan fingerprint density at radius 1 is 1.26 bits per heavy atom. The highest BCUT2D eigenvalue weighted by atomic mass is 16.4. The molecular formula is C13H25N3O3. The van der Waals surface area contributed by atoms with Crippen LogP contribution in [0.5, 0.6) is 0 Å². The molecule has 0 aromatic rings. The summed E-state index contributed by atoms with van der Waals surface area (Å²) in [5.74, 6) is -0.998. The number of carbonyl (C=O) groups excluding carboxylic acids is 1. The van der Waals surface area contributed by atoms with E-state index in [4.69, 9.17) is 5.11 Å². The fourth-order valence-corrected chi connectivity index (χ4v) is 2.28. The first-order valence-corrected chi connectivity index (χ1v) is 7.05. The third kappa shape index (κ3) is 5.46. The second kappa shape index (κ2) is 7.99. The summed E-state index contributed by atoms with van der Waals surface area (Å²) in [5, 5.41) is 14.1. The van der Waals surface area contributed by atoms with Gasteiger partial charge in [-0.3, -0.25) is 4.90 Å². The van der Waals surface area contributed by atoms with Crippen LogP contribution in [-0.4, -0.2) is 53.7 Å². The molecule has 3 N–H and O–H groups in total. The Labute approximate surface area is 114 Å². The van der Waals surface area contributed by atoms with E-state index in [0.29, 0.717) is 13.0 Å². The van der Waals surface area contributed by atoms with Crippen LogP contribution in [0.15, 0.2) is 0 Å². The molecule has 2 atom stereocenters. The van der Waals surface area contributed by atoms with Crippen molar-refractivity contribution in [2.24, 2.45) is 0 Å². The van der Waals surface area contributed by atoms with Gasteiger partial charge in [0.25, 0.3) is 0 Å². The first kappa shape index (κ1) is 15.8. The minimum atomic E-state index is -0.998. The number of urea groups is 1. The van der Waals surface area contributed by atoms with Gasteiger partial charge in [0.05, 0.1) is 0 Å². The van der Waals surface area contributed by atoms with Crippen LogP contribution in [-0.2, 0) is 4.79 Å². The van der Waals surface area contributed by atoms with Crippen molar-refractivity contribution in [3.8, 4) is 0 Å². The maximum absolute atomic E-state index is 11.6. The van der Waals surface area contributed by atoms with E-state index in [2.05, 4.69) is 22.5 Å². The van der Waals surface area contributed by atoms with Gasteiger partial charge >= 0.3 is 12.0 Å². The van der Waals surface area contributed by atoms with Crippen LogP contribution in [0.1, 0.15) is 39.5 Å². The van der Waals surface area contributed by atoms with E-state index in [1.54, 1.807) is 6.92 Å². The molecule has 6 nitrogen and oxygen atoms in total. The third-order valence-electron chi connectivity index (χ3n) is 3.58. The standard InChI is InChI=1S/C13H25N3O3/c1-3-11(12(17)18)15-13(19)14-9-10(2)16-7-5-4-6-8-16/h10-11H,3-9H2,1-2H3,(H,17,18)(H2,14,15,19)/t10?,11-/m1/s1. The van der Waals surface area contributed by atoms with Gasteiger partial charge < -0.3 is 15.7 Å². The van der Waals surface area contributed by atoms with Crippen molar-refractivity contribution in [3.63, 3.8) is 0 Å². The first-order chi connectivity index (χ1) is 9.04. The van der Waals surface area contributed by atoms with Gasteiger partial charge in [0.1, 0.15) is 6.04 Å². The molecule has 0 spiro atoms. The van der Waals surface area contributed by atoms with Gasteiger partial charge in [0.2, 0.25) is 0 Å². The van der Waals surface area contributed by atoms with Crippen LogP contribution in [0.2, 0.25) is 0 Å². The monoisotopic (exact) mass is 271 g/mol. The van der Waals surface area contributed by atoms with Gasteiger partial charge in [-0.1, -0.05) is 13.3 Å². The average Bonchev–Trinajstić information content (AvgIpc) is 2.42. The Kier molecular flexibility index (Phi) is 6.62. The number of amides is 2. The van der Waals surface area contributed by atoms with Crippen LogP contribution in [0.3, 0.4) is 0 Å². The van der Waals surface area contributed by atoms with Crippen molar-refractivity contribution in [1.82, 2.24) is 15.5 Å². The van der Waals surface area contributed by atoms with Crippen LogP contribution in [0.25, 0.3) is 0 Å². The molecule has 0 radical (unpaired) electrons. The molecule has 110 valence electrons. The van der Waals surface area contributed by atoms with Gasteiger partial charge in [-0.15, -0.1) is 0 Å². The van der Waals surface area contributed by atoms with Crippen molar-refractivity contribution >= 4 is 12.0 Å². The molecule has 0 aromatic carbocycles. The Hall–Kier alpha value is -1.30. The van der Waals surface area contributed by atoms with Crippen LogP contribution < -0.4 is 10.6 Å². The number of carboxylic acid groups (broad SMARTS) is 1. The molecule has 2 amide bonds. The van der Waals surface area contributed by atoms with Crippen LogP contribution in [0.4, 0.5) is 4.79 Å². The molecule has 1 fully saturated rings. The summed E-state index contributed by atoms with van der Waals surface area (Å²) >= 11 is 0.